The quantitative estimate of drug-likeness (QED) is 0.744. The maximum atomic E-state index is 12.5. The summed E-state index contributed by atoms with van der Waals surface area (Å²) in [6.45, 7) is 3.36. The van der Waals surface area contributed by atoms with E-state index in [1.807, 2.05) is 42.2 Å². The van der Waals surface area contributed by atoms with Gasteiger partial charge in [0, 0.05) is 12.2 Å². The van der Waals surface area contributed by atoms with Gasteiger partial charge in [0.1, 0.15) is 0 Å². The van der Waals surface area contributed by atoms with Crippen LogP contribution >= 0.6 is 23.2 Å². The number of piperidine rings is 1. The Morgan fingerprint density at radius 1 is 1.11 bits per heavy atom. The van der Waals surface area contributed by atoms with Crippen LogP contribution in [0.2, 0.25) is 10.0 Å². The van der Waals surface area contributed by atoms with E-state index in [-0.39, 0.29) is 24.3 Å². The summed E-state index contributed by atoms with van der Waals surface area (Å²) < 4.78 is 0. The molecule has 0 aromatic heterocycles. The highest BCUT2D eigenvalue weighted by Gasteiger charge is 2.27. The molecule has 0 saturated carbocycles. The number of anilines is 2. The van der Waals surface area contributed by atoms with Gasteiger partial charge in [0.25, 0.3) is 0 Å². The molecule has 2 amide bonds. The molecule has 0 aliphatic carbocycles. The van der Waals surface area contributed by atoms with E-state index in [0.717, 1.165) is 30.6 Å². The number of nitrogens with one attached hydrogen (secondary N) is 2. The number of benzene rings is 2. The number of aryl methyl sites for hydroxylation is 1. The average molecular weight is 420 g/mol. The van der Waals surface area contributed by atoms with Gasteiger partial charge < -0.3 is 10.6 Å². The van der Waals surface area contributed by atoms with Gasteiger partial charge in [-0.25, -0.2) is 0 Å². The Morgan fingerprint density at radius 3 is 2.61 bits per heavy atom. The number of hydrogen-bond donors (Lipinski definition) is 2. The largest absolute Gasteiger partial charge is 0.326 e. The van der Waals surface area contributed by atoms with E-state index in [4.69, 9.17) is 23.2 Å². The van der Waals surface area contributed by atoms with Crippen molar-refractivity contribution in [2.75, 3.05) is 30.3 Å². The smallest absolute Gasteiger partial charge is 0.238 e. The molecule has 1 atom stereocenters. The van der Waals surface area contributed by atoms with Gasteiger partial charge in [-0.1, -0.05) is 47.5 Å². The van der Waals surface area contributed by atoms with Crippen LogP contribution < -0.4 is 10.6 Å². The molecule has 2 aromatic rings. The fraction of sp³-hybridized carbons (Fsp3) is 0.333. The van der Waals surface area contributed by atoms with Crippen molar-refractivity contribution in [3.63, 3.8) is 0 Å². The van der Waals surface area contributed by atoms with Crippen molar-refractivity contribution in [3.8, 4) is 0 Å². The van der Waals surface area contributed by atoms with Gasteiger partial charge in [-0.3, -0.25) is 14.5 Å². The SMILES string of the molecule is Cc1ccc(Cl)c(NC(=O)CN2CCCC(C(=O)Nc3ccccc3)C2)c1Cl. The van der Waals surface area contributed by atoms with Crippen LogP contribution in [0.3, 0.4) is 0 Å². The molecule has 148 valence electrons. The molecule has 2 N–H and O–H groups in total. The third kappa shape index (κ3) is 5.25. The van der Waals surface area contributed by atoms with Gasteiger partial charge in [-0.2, -0.15) is 0 Å². The molecule has 1 fully saturated rings. The second kappa shape index (κ2) is 9.41. The third-order valence-electron chi connectivity index (χ3n) is 4.83. The van der Waals surface area contributed by atoms with Crippen molar-refractivity contribution >= 4 is 46.4 Å². The first-order valence-corrected chi connectivity index (χ1v) is 10.0. The van der Waals surface area contributed by atoms with Crippen LogP contribution in [0.25, 0.3) is 0 Å². The van der Waals surface area contributed by atoms with Crippen LogP contribution in [0.1, 0.15) is 18.4 Å². The third-order valence-corrected chi connectivity index (χ3v) is 5.64. The molecular formula is C21H23Cl2N3O2. The van der Waals surface area contributed by atoms with Crippen molar-refractivity contribution < 1.29 is 9.59 Å². The van der Waals surface area contributed by atoms with E-state index in [1.165, 1.54) is 0 Å². The van der Waals surface area contributed by atoms with Crippen LogP contribution in [0.4, 0.5) is 11.4 Å². The highest BCUT2D eigenvalue weighted by atomic mass is 35.5. The molecule has 5 nitrogen and oxygen atoms in total. The van der Waals surface area contributed by atoms with Crippen molar-refractivity contribution in [2.24, 2.45) is 5.92 Å². The lowest BCUT2D eigenvalue weighted by molar-refractivity contribution is -0.123. The zero-order valence-electron chi connectivity index (χ0n) is 15.7. The Hall–Kier alpha value is -2.08. The number of halogens is 2. The molecule has 1 aliphatic heterocycles. The first kappa shape index (κ1) is 20.6. The molecule has 0 spiro atoms. The van der Waals surface area contributed by atoms with Gasteiger partial charge in [0.15, 0.2) is 0 Å². The molecule has 1 aliphatic rings. The van der Waals surface area contributed by atoms with Crippen molar-refractivity contribution in [2.45, 2.75) is 19.8 Å². The summed E-state index contributed by atoms with van der Waals surface area (Å²) in [6.07, 6.45) is 1.68. The summed E-state index contributed by atoms with van der Waals surface area (Å²) >= 11 is 12.4. The summed E-state index contributed by atoms with van der Waals surface area (Å²) in [5.41, 5.74) is 2.06. The Kier molecular flexibility index (Phi) is 6.94. The minimum Gasteiger partial charge on any atom is -0.326 e. The average Bonchev–Trinajstić information content (AvgIpc) is 2.69. The number of hydrogen-bond acceptors (Lipinski definition) is 3. The zero-order chi connectivity index (χ0) is 20.1. The van der Waals surface area contributed by atoms with Crippen molar-refractivity contribution in [1.82, 2.24) is 4.90 Å². The van der Waals surface area contributed by atoms with Crippen LogP contribution in [0.5, 0.6) is 0 Å². The first-order chi connectivity index (χ1) is 13.4. The summed E-state index contributed by atoms with van der Waals surface area (Å²) in [5.74, 6) is -0.354. The van der Waals surface area contributed by atoms with Crippen LogP contribution in [-0.4, -0.2) is 36.3 Å². The van der Waals surface area contributed by atoms with E-state index in [1.54, 1.807) is 12.1 Å². The molecule has 1 heterocycles. The minimum atomic E-state index is -0.196. The molecular weight excluding hydrogens is 397 g/mol. The predicted octanol–water partition coefficient (Wildman–Crippen LogP) is 4.59. The highest BCUT2D eigenvalue weighted by Crippen LogP contribution is 2.32. The number of carbonyl (C=O) groups excluding carboxylic acids is 2. The topological polar surface area (TPSA) is 61.4 Å². The number of likely N-dealkylation sites (tertiary alicyclic amines) is 1. The maximum Gasteiger partial charge on any atom is 0.238 e. The predicted molar refractivity (Wildman–Crippen MR) is 114 cm³/mol. The lowest BCUT2D eigenvalue weighted by Gasteiger charge is -2.31. The van der Waals surface area contributed by atoms with Gasteiger partial charge in [0.05, 0.1) is 28.2 Å². The number of para-hydroxylation sites is 1. The molecule has 0 bridgehead atoms. The normalized spacial score (nSPS) is 17.2. The standard InChI is InChI=1S/C21H23Cl2N3O2/c1-14-9-10-17(22)20(19(14)23)25-18(27)13-26-11-5-6-15(12-26)21(28)24-16-7-3-2-4-8-16/h2-4,7-10,15H,5-6,11-13H2,1H3,(H,24,28)(H,25,27). The summed E-state index contributed by atoms with van der Waals surface area (Å²) in [4.78, 5) is 27.0. The first-order valence-electron chi connectivity index (χ1n) is 9.26. The molecule has 28 heavy (non-hydrogen) atoms. The summed E-state index contributed by atoms with van der Waals surface area (Å²) in [5, 5.41) is 6.60. The maximum absolute atomic E-state index is 12.5. The number of nitrogens with zero attached hydrogens (tertiary/aromatic N) is 1. The van der Waals surface area contributed by atoms with Gasteiger partial charge in [-0.05, 0) is 50.1 Å². The van der Waals surface area contributed by atoms with E-state index in [0.29, 0.717) is 22.3 Å². The Labute approximate surface area is 175 Å². The van der Waals surface area contributed by atoms with Crippen molar-refractivity contribution in [3.05, 3.63) is 58.1 Å². The van der Waals surface area contributed by atoms with Crippen LogP contribution in [-0.2, 0) is 9.59 Å². The zero-order valence-corrected chi connectivity index (χ0v) is 17.2. The fourth-order valence-electron chi connectivity index (χ4n) is 3.33. The summed E-state index contributed by atoms with van der Waals surface area (Å²) in [7, 11) is 0. The molecule has 1 saturated heterocycles. The Bertz CT molecular complexity index is 858. The lowest BCUT2D eigenvalue weighted by atomic mass is 9.97. The van der Waals surface area contributed by atoms with Gasteiger partial charge in [0.2, 0.25) is 11.8 Å². The van der Waals surface area contributed by atoms with E-state index in [9.17, 15) is 9.59 Å². The van der Waals surface area contributed by atoms with E-state index in [2.05, 4.69) is 10.6 Å². The summed E-state index contributed by atoms with van der Waals surface area (Å²) in [6, 6.07) is 12.9. The minimum absolute atomic E-state index is 0.0129. The van der Waals surface area contributed by atoms with Gasteiger partial charge >= 0.3 is 0 Å². The Balaban J connectivity index is 1.57. The molecule has 7 heteroatoms. The van der Waals surface area contributed by atoms with Gasteiger partial charge in [-0.15, -0.1) is 0 Å². The number of carbonyl (C=O) groups is 2. The lowest BCUT2D eigenvalue weighted by Crippen LogP contribution is -2.44. The highest BCUT2D eigenvalue weighted by molar-refractivity contribution is 6.40. The second-order valence-electron chi connectivity index (χ2n) is 7.03. The monoisotopic (exact) mass is 419 g/mol. The Morgan fingerprint density at radius 2 is 1.86 bits per heavy atom. The van der Waals surface area contributed by atoms with Crippen molar-refractivity contribution in [1.29, 1.82) is 0 Å². The van der Waals surface area contributed by atoms with E-state index >= 15 is 0 Å². The second-order valence-corrected chi connectivity index (χ2v) is 7.82. The molecule has 0 radical (unpaired) electrons. The molecule has 3 rings (SSSR count). The van der Waals surface area contributed by atoms with Crippen LogP contribution in [0.15, 0.2) is 42.5 Å². The molecule has 1 unspecified atom stereocenters. The van der Waals surface area contributed by atoms with Crippen LogP contribution in [0, 0.1) is 12.8 Å². The fourth-order valence-corrected chi connectivity index (χ4v) is 3.80. The van der Waals surface area contributed by atoms with E-state index < -0.39 is 0 Å². The number of amides is 2. The molecule has 2 aromatic carbocycles. The number of rotatable bonds is 5.